The summed E-state index contributed by atoms with van der Waals surface area (Å²) in [5.74, 6) is -2.72. The molecule has 1 heterocycles. The molecule has 0 aromatic heterocycles. The van der Waals surface area contributed by atoms with Gasteiger partial charge in [0.1, 0.15) is 11.7 Å². The zero-order chi connectivity index (χ0) is 22.0. The quantitative estimate of drug-likeness (QED) is 0.586. The third kappa shape index (κ3) is 3.60. The predicted molar refractivity (Wildman–Crippen MR) is 110 cm³/mol. The summed E-state index contributed by atoms with van der Waals surface area (Å²) in [7, 11) is 2.81. The number of hydrogen-bond donors (Lipinski definition) is 1. The van der Waals surface area contributed by atoms with Gasteiger partial charge in [0.05, 0.1) is 32.3 Å². The number of ether oxygens (including phenoxy) is 3. The number of hydrogen-bond acceptors (Lipinski definition) is 7. The van der Waals surface area contributed by atoms with Gasteiger partial charge in [0.2, 0.25) is 0 Å². The molecule has 1 N–H and O–H groups in total. The summed E-state index contributed by atoms with van der Waals surface area (Å²) in [6, 6.07) is 7.25. The standard InChI is InChI=1S/C23H27NO6/c1-6-30-23(27)18-13(3)24-15-11-12(2)17(22(26)29-5)21(25)20(15)19(18)14-9-7-8-10-16(14)28-4/h7-10,12,17,19,24H,6,11H2,1-5H3/t12-,17+,19-/m0/s1. The average Bonchev–Trinajstić information content (AvgIpc) is 2.72. The van der Waals surface area contributed by atoms with E-state index in [4.69, 9.17) is 14.2 Å². The van der Waals surface area contributed by atoms with Crippen LogP contribution in [0.2, 0.25) is 0 Å². The summed E-state index contributed by atoms with van der Waals surface area (Å²) >= 11 is 0. The minimum Gasteiger partial charge on any atom is -0.496 e. The zero-order valence-corrected chi connectivity index (χ0v) is 17.9. The van der Waals surface area contributed by atoms with Crippen LogP contribution in [0, 0.1) is 11.8 Å². The van der Waals surface area contributed by atoms with Crippen molar-refractivity contribution in [2.75, 3.05) is 20.8 Å². The first-order chi connectivity index (χ1) is 14.3. The average molecular weight is 413 g/mol. The molecule has 0 spiro atoms. The first kappa shape index (κ1) is 21.6. The van der Waals surface area contributed by atoms with Gasteiger partial charge in [-0.25, -0.2) is 4.79 Å². The van der Waals surface area contributed by atoms with E-state index in [0.717, 1.165) is 0 Å². The molecule has 1 aliphatic heterocycles. The maximum Gasteiger partial charge on any atom is 0.336 e. The van der Waals surface area contributed by atoms with Crippen LogP contribution in [-0.2, 0) is 23.9 Å². The Kier molecular flexibility index (Phi) is 6.29. The number of carbonyl (C=O) groups is 3. The summed E-state index contributed by atoms with van der Waals surface area (Å²) in [5, 5.41) is 3.23. The van der Waals surface area contributed by atoms with E-state index in [1.54, 1.807) is 19.9 Å². The van der Waals surface area contributed by atoms with Crippen LogP contribution in [0.1, 0.15) is 38.7 Å². The topological polar surface area (TPSA) is 90.9 Å². The van der Waals surface area contributed by atoms with Gasteiger partial charge in [-0.1, -0.05) is 25.1 Å². The molecule has 0 saturated heterocycles. The maximum absolute atomic E-state index is 13.6. The van der Waals surface area contributed by atoms with Crippen molar-refractivity contribution in [3.63, 3.8) is 0 Å². The largest absolute Gasteiger partial charge is 0.496 e. The van der Waals surface area contributed by atoms with E-state index < -0.39 is 23.8 Å². The van der Waals surface area contributed by atoms with Crippen LogP contribution >= 0.6 is 0 Å². The highest BCUT2D eigenvalue weighted by Crippen LogP contribution is 2.47. The molecule has 2 aliphatic rings. The van der Waals surface area contributed by atoms with Gasteiger partial charge in [-0.15, -0.1) is 0 Å². The molecule has 1 aromatic rings. The first-order valence-corrected chi connectivity index (χ1v) is 9.98. The van der Waals surface area contributed by atoms with Gasteiger partial charge >= 0.3 is 11.9 Å². The highest BCUT2D eigenvalue weighted by molar-refractivity contribution is 6.12. The lowest BCUT2D eigenvalue weighted by Crippen LogP contribution is -2.43. The molecule has 30 heavy (non-hydrogen) atoms. The predicted octanol–water partition coefficient (Wildman–Crippen LogP) is 2.87. The molecule has 0 saturated carbocycles. The number of esters is 2. The van der Waals surface area contributed by atoms with Gasteiger partial charge in [-0.2, -0.15) is 0 Å². The van der Waals surface area contributed by atoms with E-state index in [1.807, 2.05) is 25.1 Å². The van der Waals surface area contributed by atoms with Gasteiger partial charge in [0.15, 0.2) is 5.78 Å². The number of para-hydroxylation sites is 1. The fourth-order valence-corrected chi connectivity index (χ4v) is 4.38. The molecule has 0 fully saturated rings. The van der Waals surface area contributed by atoms with Crippen molar-refractivity contribution >= 4 is 17.7 Å². The van der Waals surface area contributed by atoms with Crippen molar-refractivity contribution in [2.45, 2.75) is 33.1 Å². The molecule has 1 aliphatic carbocycles. The third-order valence-electron chi connectivity index (χ3n) is 5.69. The summed E-state index contributed by atoms with van der Waals surface area (Å²) in [6.07, 6.45) is 0.486. The summed E-state index contributed by atoms with van der Waals surface area (Å²) in [4.78, 5) is 38.9. The van der Waals surface area contributed by atoms with Crippen molar-refractivity contribution < 1.29 is 28.6 Å². The molecule has 0 amide bonds. The molecule has 3 rings (SSSR count). The zero-order valence-electron chi connectivity index (χ0n) is 17.9. The van der Waals surface area contributed by atoms with Crippen LogP contribution in [0.3, 0.4) is 0 Å². The highest BCUT2D eigenvalue weighted by Gasteiger charge is 2.47. The Balaban J connectivity index is 2.23. The lowest BCUT2D eigenvalue weighted by molar-refractivity contribution is -0.151. The van der Waals surface area contributed by atoms with Crippen molar-refractivity contribution in [1.82, 2.24) is 5.32 Å². The van der Waals surface area contributed by atoms with Crippen LogP contribution in [0.4, 0.5) is 0 Å². The molecule has 3 atom stereocenters. The molecule has 7 heteroatoms. The monoisotopic (exact) mass is 413 g/mol. The smallest absolute Gasteiger partial charge is 0.336 e. The molecule has 1 aromatic carbocycles. The lowest BCUT2D eigenvalue weighted by atomic mass is 9.69. The maximum atomic E-state index is 13.6. The highest BCUT2D eigenvalue weighted by atomic mass is 16.5. The van der Waals surface area contributed by atoms with Crippen molar-refractivity contribution in [3.8, 4) is 5.75 Å². The Morgan fingerprint density at radius 1 is 1.20 bits per heavy atom. The van der Waals surface area contributed by atoms with Gasteiger partial charge < -0.3 is 19.5 Å². The van der Waals surface area contributed by atoms with Gasteiger partial charge in [-0.05, 0) is 32.3 Å². The minimum absolute atomic E-state index is 0.204. The SMILES string of the molecule is CCOC(=O)C1=C(C)NC2=C(C(=O)[C@H](C(=O)OC)[C@@H](C)C2)[C@H]1c1ccccc1OC. The molecular formula is C23H27NO6. The number of allylic oxidation sites excluding steroid dienone is 3. The Hall–Kier alpha value is -3.09. The van der Waals surface area contributed by atoms with E-state index in [2.05, 4.69) is 5.32 Å². The number of ketones is 1. The molecule has 160 valence electrons. The normalized spacial score (nSPS) is 23.5. The number of Topliss-reactive ketones (excluding diaryl/α,β-unsaturated/α-hetero) is 1. The van der Waals surface area contributed by atoms with Crippen molar-refractivity contribution in [3.05, 3.63) is 52.4 Å². The van der Waals surface area contributed by atoms with E-state index in [-0.39, 0.29) is 18.3 Å². The van der Waals surface area contributed by atoms with Gasteiger partial charge in [-0.3, -0.25) is 9.59 Å². The Morgan fingerprint density at radius 3 is 2.53 bits per heavy atom. The Morgan fingerprint density at radius 2 is 1.90 bits per heavy atom. The molecule has 7 nitrogen and oxygen atoms in total. The lowest BCUT2D eigenvalue weighted by Gasteiger charge is -2.38. The van der Waals surface area contributed by atoms with E-state index in [9.17, 15) is 14.4 Å². The second kappa shape index (κ2) is 8.73. The number of carbonyl (C=O) groups excluding carboxylic acids is 3. The van der Waals surface area contributed by atoms with Crippen LogP contribution in [0.5, 0.6) is 5.75 Å². The first-order valence-electron chi connectivity index (χ1n) is 9.98. The summed E-state index contributed by atoms with van der Waals surface area (Å²) in [5.41, 5.74) is 2.74. The molecule has 0 unspecified atom stereocenters. The van der Waals surface area contributed by atoms with Crippen LogP contribution in [0.25, 0.3) is 0 Å². The Labute approximate surface area is 176 Å². The van der Waals surface area contributed by atoms with Crippen LogP contribution < -0.4 is 10.1 Å². The Bertz CT molecular complexity index is 945. The van der Waals surface area contributed by atoms with Crippen LogP contribution in [-0.4, -0.2) is 38.5 Å². The molecular weight excluding hydrogens is 386 g/mol. The summed E-state index contributed by atoms with van der Waals surface area (Å²) < 4.78 is 15.7. The second-order valence-corrected chi connectivity index (χ2v) is 7.50. The summed E-state index contributed by atoms with van der Waals surface area (Å²) in [6.45, 7) is 5.58. The minimum atomic E-state index is -0.922. The van der Waals surface area contributed by atoms with Gasteiger partial charge in [0.25, 0.3) is 0 Å². The fourth-order valence-electron chi connectivity index (χ4n) is 4.38. The number of methoxy groups -OCH3 is 2. The third-order valence-corrected chi connectivity index (χ3v) is 5.69. The van der Waals surface area contributed by atoms with Gasteiger partial charge in [0, 0.05) is 22.5 Å². The number of dihydropyridines is 1. The van der Waals surface area contributed by atoms with E-state index in [1.165, 1.54) is 14.2 Å². The van der Waals surface area contributed by atoms with E-state index in [0.29, 0.717) is 40.3 Å². The van der Waals surface area contributed by atoms with Crippen molar-refractivity contribution in [2.24, 2.45) is 11.8 Å². The number of rotatable bonds is 5. The number of benzene rings is 1. The second-order valence-electron chi connectivity index (χ2n) is 7.50. The fraction of sp³-hybridized carbons (Fsp3) is 0.435. The van der Waals surface area contributed by atoms with E-state index >= 15 is 0 Å². The molecule has 0 bridgehead atoms. The van der Waals surface area contributed by atoms with Crippen LogP contribution in [0.15, 0.2) is 46.8 Å². The molecule has 0 radical (unpaired) electrons. The number of nitrogens with one attached hydrogen (secondary N) is 1. The van der Waals surface area contributed by atoms with Crippen molar-refractivity contribution in [1.29, 1.82) is 0 Å².